The number of benzene rings is 12. The molecular weight excluding hydrogens is 1100 g/mol. The number of para-hydroxylation sites is 2. The van der Waals surface area contributed by atoms with Gasteiger partial charge in [0.25, 0.3) is 0 Å². The van der Waals surface area contributed by atoms with Crippen molar-refractivity contribution in [3.05, 3.63) is 333 Å². The van der Waals surface area contributed by atoms with Crippen molar-refractivity contribution in [2.75, 3.05) is 0 Å². The molecule has 0 atom stereocenters. The van der Waals surface area contributed by atoms with Gasteiger partial charge in [-0.05, 0) is 132 Å². The number of hydrogen-bond donors (Lipinski definition) is 0. The zero-order valence-electron chi connectivity index (χ0n) is 48.1. The average Bonchev–Trinajstić information content (AvgIpc) is 1.38. The fourth-order valence-corrected chi connectivity index (χ4v) is 19.3. The minimum absolute atomic E-state index is 0.883. The van der Waals surface area contributed by atoms with Gasteiger partial charge in [0.2, 0.25) is 0 Å². The molecule has 0 aliphatic heterocycles. The van der Waals surface area contributed by atoms with Gasteiger partial charge < -0.3 is 9.13 Å². The highest BCUT2D eigenvalue weighted by atomic mass is 32.3. The van der Waals surface area contributed by atoms with Crippen LogP contribution >= 0.6 is 21.4 Å². The molecule has 0 saturated carbocycles. The maximum atomic E-state index is 3.69. The number of nitrogens with zero attached hydrogens (tertiary/aromatic N) is 2. The molecule has 17 rings (SSSR count). The summed E-state index contributed by atoms with van der Waals surface area (Å²) in [5.41, 5.74) is 20.0. The summed E-state index contributed by atoms with van der Waals surface area (Å²) in [6.07, 6.45) is 6.58. The predicted octanol–water partition coefficient (Wildman–Crippen LogP) is 23.3. The Balaban J connectivity index is 0.931. The van der Waals surface area contributed by atoms with Crippen molar-refractivity contribution in [1.82, 2.24) is 9.13 Å². The van der Waals surface area contributed by atoms with Crippen molar-refractivity contribution < 1.29 is 0 Å². The van der Waals surface area contributed by atoms with Crippen LogP contribution in [0.25, 0.3) is 126 Å². The first-order valence-corrected chi connectivity index (χ1v) is 32.7. The van der Waals surface area contributed by atoms with E-state index in [-0.39, 0.29) is 0 Å². The van der Waals surface area contributed by atoms with Crippen LogP contribution in [0, 0.1) is 12.1 Å². The van der Waals surface area contributed by atoms with Crippen LogP contribution in [0.3, 0.4) is 0 Å². The molecule has 4 heteroatoms. The molecule has 16 aromatic rings. The van der Waals surface area contributed by atoms with Crippen LogP contribution in [0.1, 0.15) is 17.7 Å². The van der Waals surface area contributed by atoms with Crippen molar-refractivity contribution in [1.29, 1.82) is 0 Å². The second kappa shape index (κ2) is 21.4. The smallest absolute Gasteiger partial charge is 0.0623 e. The molecule has 3 aromatic heterocycles. The van der Waals surface area contributed by atoms with E-state index in [1.807, 2.05) is 17.4 Å². The van der Waals surface area contributed by atoms with Crippen molar-refractivity contribution in [3.8, 4) is 67.0 Å². The van der Waals surface area contributed by atoms with Gasteiger partial charge in [-0.1, -0.05) is 237 Å². The summed E-state index contributed by atoms with van der Waals surface area (Å²) in [4.78, 5) is 5.03. The Morgan fingerprint density at radius 3 is 1.73 bits per heavy atom. The van der Waals surface area contributed by atoms with E-state index in [4.69, 9.17) is 0 Å². The van der Waals surface area contributed by atoms with Gasteiger partial charge in [-0.25, -0.2) is 0 Å². The van der Waals surface area contributed by atoms with Crippen LogP contribution < -0.4 is 0 Å². The van der Waals surface area contributed by atoms with E-state index < -0.39 is 10.0 Å². The summed E-state index contributed by atoms with van der Waals surface area (Å²) < 4.78 is 7.79. The minimum Gasteiger partial charge on any atom is -0.312 e. The molecule has 0 bridgehead atoms. The van der Waals surface area contributed by atoms with Gasteiger partial charge in [-0.2, -0.15) is 0 Å². The maximum Gasteiger partial charge on any atom is 0.0623 e. The van der Waals surface area contributed by atoms with Crippen molar-refractivity contribution in [2.24, 2.45) is 0 Å². The molecule has 414 valence electrons. The number of hydrogen-bond acceptors (Lipinski definition) is 1. The van der Waals surface area contributed by atoms with Crippen LogP contribution in [0.2, 0.25) is 0 Å². The van der Waals surface area contributed by atoms with Gasteiger partial charge >= 0.3 is 0 Å². The van der Waals surface area contributed by atoms with E-state index in [0.29, 0.717) is 0 Å². The first kappa shape index (κ1) is 51.7. The van der Waals surface area contributed by atoms with Crippen LogP contribution in [-0.4, -0.2) is 9.13 Å². The molecule has 0 amide bonds. The molecule has 1 aliphatic rings. The Labute approximate surface area is 518 Å². The maximum absolute atomic E-state index is 3.69. The SMILES string of the molecule is c1cccc(-c2cc(S(c3ccccc3)(c3ccccc3)c3cccc(-c4ccccc4)c3)cc(-c3ccccc3)c2-n2c3c(c4cc(-n5c6ccccc6c6cccc(-c7ccccc7-c7cccc8c7sc7ccccc78)c65)ccc42)C=CCC3)c#1. The second-order valence-corrected chi connectivity index (χ2v) is 27.0. The van der Waals surface area contributed by atoms with Gasteiger partial charge in [0.05, 0.1) is 22.2 Å². The fourth-order valence-electron chi connectivity index (χ4n) is 14.2. The number of rotatable bonds is 11. The monoisotopic (exact) mass is 1160 g/mol. The Morgan fingerprint density at radius 2 is 0.966 bits per heavy atom. The zero-order valence-corrected chi connectivity index (χ0v) is 49.8. The van der Waals surface area contributed by atoms with E-state index >= 15 is 0 Å². The zero-order chi connectivity index (χ0) is 58.1. The lowest BCUT2D eigenvalue weighted by molar-refractivity contribution is 0.889. The van der Waals surface area contributed by atoms with Crippen LogP contribution in [-0.2, 0) is 6.42 Å². The molecule has 0 fully saturated rings. The van der Waals surface area contributed by atoms with E-state index in [2.05, 4.69) is 331 Å². The Bertz CT molecular complexity index is 5260. The topological polar surface area (TPSA) is 9.86 Å². The number of fused-ring (bicyclic) bond motifs is 9. The molecule has 0 radical (unpaired) electrons. The Hall–Kier alpha value is -10.7. The molecule has 13 aromatic carbocycles. The molecule has 0 spiro atoms. The largest absolute Gasteiger partial charge is 0.312 e. The lowest BCUT2D eigenvalue weighted by atomic mass is 9.92. The molecule has 3 heterocycles. The highest BCUT2D eigenvalue weighted by Gasteiger charge is 2.36. The van der Waals surface area contributed by atoms with E-state index in [1.54, 1.807) is 0 Å². The van der Waals surface area contributed by atoms with Gasteiger partial charge in [0.15, 0.2) is 0 Å². The van der Waals surface area contributed by atoms with Gasteiger partial charge in [-0.3, -0.25) is 0 Å². The lowest BCUT2D eigenvalue weighted by Gasteiger charge is -2.43. The summed E-state index contributed by atoms with van der Waals surface area (Å²) in [6.45, 7) is 0. The standard InChI is InChI=1S/C84H56N2S2/c1-6-27-57(28-7-1)60-33-24-38-64(53-60)88(62-34-12-4-13-35-62,63-36-14-5-15-37-63)65-55-75(58-29-8-2-9-30-58)83(76(56-65)59-31-10-3-11-32-59)86-79-49-22-19-42-69(79)77-54-61(51-52-80(77)86)85-78-48-21-18-41-68(78)72-45-25-44-71(82(72)85)66-39-16-17-40-67(66)73-46-26-47-74-70-43-20-23-50-81(70)87-84(73)74/h1-10,12-21,23-31,33-48,50-56H,22,49H2. The summed E-state index contributed by atoms with van der Waals surface area (Å²) >= 11 is 1.89. The Morgan fingerprint density at radius 1 is 0.375 bits per heavy atom. The van der Waals surface area contributed by atoms with Gasteiger partial charge in [-0.15, -0.1) is 21.4 Å². The highest BCUT2D eigenvalue weighted by molar-refractivity contribution is 8.34. The van der Waals surface area contributed by atoms with Crippen LogP contribution in [0.15, 0.2) is 329 Å². The number of aromatic nitrogens is 2. The third-order valence-electron chi connectivity index (χ3n) is 18.0. The Kier molecular flexibility index (Phi) is 12.6. The number of allylic oxidation sites excluding steroid dienone is 1. The van der Waals surface area contributed by atoms with E-state index in [9.17, 15) is 0 Å². The summed E-state index contributed by atoms with van der Waals surface area (Å²) in [5, 5.41) is 6.28. The van der Waals surface area contributed by atoms with Gasteiger partial charge in [0, 0.05) is 101 Å². The third kappa shape index (κ3) is 8.27. The third-order valence-corrected chi connectivity index (χ3v) is 23.0. The second-order valence-electron chi connectivity index (χ2n) is 22.8. The van der Waals surface area contributed by atoms with E-state index in [0.717, 1.165) is 52.0 Å². The number of thiophene rings is 1. The summed E-state index contributed by atoms with van der Waals surface area (Å²) in [6, 6.07) is 120. The van der Waals surface area contributed by atoms with Crippen molar-refractivity contribution >= 4 is 80.3 Å². The average molecular weight is 1160 g/mol. The first-order chi connectivity index (χ1) is 43.7. The van der Waals surface area contributed by atoms with E-state index in [1.165, 1.54) is 112 Å². The molecule has 2 nitrogen and oxygen atoms in total. The van der Waals surface area contributed by atoms with Gasteiger partial charge in [0.1, 0.15) is 0 Å². The summed E-state index contributed by atoms with van der Waals surface area (Å²) in [7, 11) is -2.22. The minimum atomic E-state index is -2.22. The van der Waals surface area contributed by atoms with Crippen molar-refractivity contribution in [2.45, 2.75) is 32.4 Å². The van der Waals surface area contributed by atoms with Crippen LogP contribution in [0.4, 0.5) is 0 Å². The quantitative estimate of drug-likeness (QED) is 0.122. The van der Waals surface area contributed by atoms with Crippen molar-refractivity contribution in [3.63, 3.8) is 0 Å². The molecular formula is C84H56N2S2. The molecule has 0 N–H and O–H groups in total. The lowest BCUT2D eigenvalue weighted by Crippen LogP contribution is -2.10. The normalized spacial score (nSPS) is 12.5. The van der Waals surface area contributed by atoms with Crippen LogP contribution in [0.5, 0.6) is 0 Å². The first-order valence-electron chi connectivity index (χ1n) is 30.3. The summed E-state index contributed by atoms with van der Waals surface area (Å²) in [5.74, 6) is 0. The molecule has 88 heavy (non-hydrogen) atoms. The molecule has 0 saturated heterocycles. The predicted molar refractivity (Wildman–Crippen MR) is 373 cm³/mol. The fraction of sp³-hybridized carbons (Fsp3) is 0.0238. The molecule has 1 aliphatic carbocycles. The highest BCUT2D eigenvalue weighted by Crippen LogP contribution is 2.74. The molecule has 0 unspecified atom stereocenters.